The highest BCUT2D eigenvalue weighted by atomic mass is 16.4. The predicted molar refractivity (Wildman–Crippen MR) is 48.4 cm³/mol. The number of pyridine rings is 1. The van der Waals surface area contributed by atoms with Gasteiger partial charge in [-0.1, -0.05) is 0 Å². The van der Waals surface area contributed by atoms with Gasteiger partial charge in [0.15, 0.2) is 11.2 Å². The molecule has 0 spiro atoms. The van der Waals surface area contributed by atoms with Gasteiger partial charge in [-0.2, -0.15) is 5.10 Å². The lowest BCUT2D eigenvalue weighted by Gasteiger charge is -1.93. The summed E-state index contributed by atoms with van der Waals surface area (Å²) in [4.78, 5) is 24.8. The summed E-state index contributed by atoms with van der Waals surface area (Å²) in [5, 5.41) is 14.7. The Morgan fingerprint density at radius 1 is 1.57 bits per heavy atom. The van der Waals surface area contributed by atoms with Crippen molar-refractivity contribution in [1.29, 1.82) is 0 Å². The molecule has 6 nitrogen and oxygen atoms in total. The van der Waals surface area contributed by atoms with Crippen LogP contribution in [0.3, 0.4) is 0 Å². The number of aromatic nitrogens is 3. The molecule has 0 unspecified atom stereocenters. The minimum Gasteiger partial charge on any atom is -0.476 e. The molecule has 0 fully saturated rings. The topological polar surface area (TPSA) is 98.8 Å². The van der Waals surface area contributed by atoms with Gasteiger partial charge < -0.3 is 10.1 Å². The fraction of sp³-hybridized carbons (Fsp3) is 0.125. The third-order valence-electron chi connectivity index (χ3n) is 1.88. The number of hydrogen-bond acceptors (Lipinski definition) is 3. The maximum absolute atomic E-state index is 11.3. The van der Waals surface area contributed by atoms with E-state index in [0.717, 1.165) is 0 Å². The fourth-order valence-electron chi connectivity index (χ4n) is 1.30. The van der Waals surface area contributed by atoms with E-state index >= 15 is 0 Å². The molecule has 14 heavy (non-hydrogen) atoms. The van der Waals surface area contributed by atoms with E-state index in [0.29, 0.717) is 5.69 Å². The van der Waals surface area contributed by atoms with E-state index in [4.69, 9.17) is 5.11 Å². The van der Waals surface area contributed by atoms with Crippen LogP contribution in [0.25, 0.3) is 11.0 Å². The summed E-state index contributed by atoms with van der Waals surface area (Å²) in [6.45, 7) is 1.68. The second kappa shape index (κ2) is 2.69. The van der Waals surface area contributed by atoms with Crippen LogP contribution in [0.1, 0.15) is 16.2 Å². The molecule has 2 rings (SSSR count). The van der Waals surface area contributed by atoms with Crippen molar-refractivity contribution >= 4 is 17.0 Å². The van der Waals surface area contributed by atoms with Crippen molar-refractivity contribution in [2.75, 3.05) is 0 Å². The molecule has 0 saturated heterocycles. The van der Waals surface area contributed by atoms with Gasteiger partial charge in [0.05, 0.1) is 0 Å². The molecule has 0 amide bonds. The van der Waals surface area contributed by atoms with E-state index in [9.17, 15) is 9.59 Å². The van der Waals surface area contributed by atoms with Gasteiger partial charge in [-0.25, -0.2) is 4.79 Å². The summed E-state index contributed by atoms with van der Waals surface area (Å²) < 4.78 is 0. The van der Waals surface area contributed by atoms with Crippen molar-refractivity contribution in [2.24, 2.45) is 0 Å². The van der Waals surface area contributed by atoms with Crippen molar-refractivity contribution in [3.63, 3.8) is 0 Å². The van der Waals surface area contributed by atoms with Crippen LogP contribution in [0.2, 0.25) is 0 Å². The lowest BCUT2D eigenvalue weighted by Crippen LogP contribution is -2.04. The molecule has 0 atom stereocenters. The minimum atomic E-state index is -1.14. The summed E-state index contributed by atoms with van der Waals surface area (Å²) in [6.07, 6.45) is 0. The molecule has 72 valence electrons. The highest BCUT2D eigenvalue weighted by Crippen LogP contribution is 2.09. The number of H-pyrrole nitrogens is 2. The lowest BCUT2D eigenvalue weighted by molar-refractivity contribution is 0.0692. The Kier molecular flexibility index (Phi) is 1.63. The summed E-state index contributed by atoms with van der Waals surface area (Å²) in [5.74, 6) is -1.14. The molecule has 0 aliphatic heterocycles. The van der Waals surface area contributed by atoms with Gasteiger partial charge in [-0.3, -0.25) is 9.89 Å². The van der Waals surface area contributed by atoms with Crippen LogP contribution in [0, 0.1) is 6.92 Å². The fourth-order valence-corrected chi connectivity index (χ4v) is 1.30. The zero-order valence-corrected chi connectivity index (χ0v) is 7.29. The van der Waals surface area contributed by atoms with Crippen LogP contribution in [0.5, 0.6) is 0 Å². The first-order valence-electron chi connectivity index (χ1n) is 3.91. The average molecular weight is 193 g/mol. The first kappa shape index (κ1) is 8.49. The Hall–Kier alpha value is -2.11. The number of fused-ring (bicyclic) bond motifs is 1. The van der Waals surface area contributed by atoms with Crippen molar-refractivity contribution < 1.29 is 9.90 Å². The second-order valence-corrected chi connectivity index (χ2v) is 2.94. The van der Waals surface area contributed by atoms with E-state index < -0.39 is 5.97 Å². The second-order valence-electron chi connectivity index (χ2n) is 2.94. The van der Waals surface area contributed by atoms with Gasteiger partial charge >= 0.3 is 5.97 Å². The van der Waals surface area contributed by atoms with Crippen LogP contribution >= 0.6 is 0 Å². The number of carboxylic acids is 1. The molecule has 6 heteroatoms. The van der Waals surface area contributed by atoms with Crippen LogP contribution in [0.4, 0.5) is 0 Å². The number of aromatic carboxylic acids is 1. The van der Waals surface area contributed by atoms with Gasteiger partial charge in [-0.05, 0) is 6.92 Å². The number of carbonyl (C=O) groups is 1. The zero-order valence-electron chi connectivity index (χ0n) is 7.29. The first-order chi connectivity index (χ1) is 6.59. The Balaban J connectivity index is 2.92. The van der Waals surface area contributed by atoms with Gasteiger partial charge in [0.1, 0.15) is 5.52 Å². The van der Waals surface area contributed by atoms with E-state index in [1.54, 1.807) is 6.92 Å². The molecule has 0 bridgehead atoms. The summed E-state index contributed by atoms with van der Waals surface area (Å²) in [5.41, 5.74) is 0.572. The highest BCUT2D eigenvalue weighted by Gasteiger charge is 2.14. The first-order valence-corrected chi connectivity index (χ1v) is 3.91. The average Bonchev–Trinajstić information content (AvgIpc) is 2.47. The SMILES string of the molecule is Cc1cc(=O)c2n[nH]c(C(=O)O)c2[nH]1. The number of rotatable bonds is 1. The van der Waals surface area contributed by atoms with Gasteiger partial charge in [-0.15, -0.1) is 0 Å². The standard InChI is InChI=1S/C8H7N3O3/c1-3-2-4(12)5-6(9-3)7(8(13)14)11-10-5/h2H,1H3,(H,9,12)(H,10,11)(H,13,14). The maximum Gasteiger partial charge on any atom is 0.356 e. The molecule has 0 saturated carbocycles. The normalized spacial score (nSPS) is 10.6. The van der Waals surface area contributed by atoms with Crippen LogP contribution in [-0.2, 0) is 0 Å². The van der Waals surface area contributed by atoms with Gasteiger partial charge in [0, 0.05) is 11.8 Å². The van der Waals surface area contributed by atoms with E-state index in [1.807, 2.05) is 0 Å². The quantitative estimate of drug-likeness (QED) is 0.604. The van der Waals surface area contributed by atoms with Crippen molar-refractivity contribution in [1.82, 2.24) is 15.2 Å². The third-order valence-corrected chi connectivity index (χ3v) is 1.88. The maximum atomic E-state index is 11.3. The Morgan fingerprint density at radius 2 is 2.29 bits per heavy atom. The number of nitrogens with zero attached hydrogens (tertiary/aromatic N) is 1. The molecule has 2 aromatic heterocycles. The predicted octanol–water partition coefficient (Wildman–Crippen LogP) is 0.258. The number of nitrogens with one attached hydrogen (secondary N) is 2. The summed E-state index contributed by atoms with van der Waals surface area (Å²) >= 11 is 0. The van der Waals surface area contributed by atoms with E-state index in [2.05, 4.69) is 15.2 Å². The van der Waals surface area contributed by atoms with Crippen LogP contribution < -0.4 is 5.43 Å². The largest absolute Gasteiger partial charge is 0.476 e. The van der Waals surface area contributed by atoms with Crippen molar-refractivity contribution in [3.8, 4) is 0 Å². The highest BCUT2D eigenvalue weighted by molar-refractivity contribution is 5.98. The van der Waals surface area contributed by atoms with Crippen LogP contribution in [-0.4, -0.2) is 26.3 Å². The summed E-state index contributed by atoms with van der Waals surface area (Å²) in [7, 11) is 0. The number of carboxylic acid groups (broad SMARTS) is 1. The molecule has 3 N–H and O–H groups in total. The van der Waals surface area contributed by atoms with E-state index in [-0.39, 0.29) is 22.2 Å². The molecular formula is C8H7N3O3. The Morgan fingerprint density at radius 3 is 2.93 bits per heavy atom. The van der Waals surface area contributed by atoms with Crippen LogP contribution in [0.15, 0.2) is 10.9 Å². The number of aryl methyl sites for hydroxylation is 1. The Labute approximate surface area is 77.6 Å². The lowest BCUT2D eigenvalue weighted by atomic mass is 10.3. The molecule has 0 radical (unpaired) electrons. The molecule has 0 aromatic carbocycles. The van der Waals surface area contributed by atoms with Gasteiger partial charge in [0.2, 0.25) is 5.43 Å². The molecule has 2 aromatic rings. The zero-order chi connectivity index (χ0) is 10.3. The summed E-state index contributed by atoms with van der Waals surface area (Å²) in [6, 6.07) is 1.37. The molecule has 0 aliphatic carbocycles. The minimum absolute atomic E-state index is 0.0965. The van der Waals surface area contributed by atoms with E-state index in [1.165, 1.54) is 6.07 Å². The smallest absolute Gasteiger partial charge is 0.356 e. The third kappa shape index (κ3) is 1.08. The van der Waals surface area contributed by atoms with Gasteiger partial charge in [0.25, 0.3) is 0 Å². The molecular weight excluding hydrogens is 186 g/mol. The monoisotopic (exact) mass is 193 g/mol. The van der Waals surface area contributed by atoms with Crippen molar-refractivity contribution in [2.45, 2.75) is 6.92 Å². The molecule has 2 heterocycles. The number of aromatic amines is 2. The Bertz CT molecular complexity index is 567. The van der Waals surface area contributed by atoms with Crippen molar-refractivity contribution in [3.05, 3.63) is 27.7 Å². The molecule has 0 aliphatic rings. The number of hydrogen-bond donors (Lipinski definition) is 3.